The minimum atomic E-state index is -0.331. The minimum absolute atomic E-state index is 0.0955. The van der Waals surface area contributed by atoms with Gasteiger partial charge in [0.15, 0.2) is 5.13 Å². The van der Waals surface area contributed by atoms with E-state index in [4.69, 9.17) is 4.74 Å². The van der Waals surface area contributed by atoms with Gasteiger partial charge < -0.3 is 4.74 Å². The van der Waals surface area contributed by atoms with Crippen LogP contribution in [0.25, 0.3) is 22.0 Å². The van der Waals surface area contributed by atoms with Crippen molar-refractivity contribution >= 4 is 33.1 Å². The minimum Gasteiger partial charge on any atom is -0.368 e. The Hall–Kier alpha value is -2.24. The number of aromatic nitrogens is 1. The van der Waals surface area contributed by atoms with Crippen LogP contribution in [0.3, 0.4) is 0 Å². The van der Waals surface area contributed by atoms with Crippen molar-refractivity contribution in [2.45, 2.75) is 18.9 Å². The van der Waals surface area contributed by atoms with Gasteiger partial charge >= 0.3 is 0 Å². The molecule has 0 aliphatic carbocycles. The standard InChI is InChI=1S/C18H16N2O2S/c21-17(16-6-3-9-22-16)20-18-19-15(11-23-18)14-8-7-12-4-1-2-5-13(12)10-14/h1-2,4-5,7-8,10-11,16H,3,6,9H2,(H,19,20,21)/t16-/m1/s1. The Balaban J connectivity index is 1.55. The van der Waals surface area contributed by atoms with Gasteiger partial charge in [0.2, 0.25) is 0 Å². The van der Waals surface area contributed by atoms with Crippen LogP contribution in [-0.2, 0) is 9.53 Å². The van der Waals surface area contributed by atoms with Gasteiger partial charge in [-0.1, -0.05) is 36.4 Å². The fourth-order valence-corrected chi connectivity index (χ4v) is 3.51. The fourth-order valence-electron chi connectivity index (χ4n) is 2.78. The summed E-state index contributed by atoms with van der Waals surface area (Å²) < 4.78 is 5.39. The summed E-state index contributed by atoms with van der Waals surface area (Å²) in [5, 5.41) is 7.83. The molecule has 3 aromatic rings. The van der Waals surface area contributed by atoms with Crippen LogP contribution >= 0.6 is 11.3 Å². The molecule has 0 spiro atoms. The summed E-state index contributed by atoms with van der Waals surface area (Å²) in [5.74, 6) is -0.0955. The van der Waals surface area contributed by atoms with E-state index < -0.39 is 0 Å². The highest BCUT2D eigenvalue weighted by Gasteiger charge is 2.24. The molecule has 1 aliphatic rings. The van der Waals surface area contributed by atoms with Crippen molar-refractivity contribution in [2.24, 2.45) is 0 Å². The second-order valence-corrected chi connectivity index (χ2v) is 6.45. The molecule has 0 saturated carbocycles. The van der Waals surface area contributed by atoms with E-state index in [-0.39, 0.29) is 12.0 Å². The van der Waals surface area contributed by atoms with E-state index in [9.17, 15) is 4.79 Å². The predicted octanol–water partition coefficient (Wildman–Crippen LogP) is 4.08. The van der Waals surface area contributed by atoms with E-state index >= 15 is 0 Å². The van der Waals surface area contributed by atoms with Crippen LogP contribution in [0.4, 0.5) is 5.13 Å². The second-order valence-electron chi connectivity index (χ2n) is 5.59. The lowest BCUT2D eigenvalue weighted by Gasteiger charge is -2.07. The highest BCUT2D eigenvalue weighted by Crippen LogP contribution is 2.28. The summed E-state index contributed by atoms with van der Waals surface area (Å²) in [6, 6.07) is 14.5. The maximum Gasteiger partial charge on any atom is 0.255 e. The van der Waals surface area contributed by atoms with Gasteiger partial charge in [-0.2, -0.15) is 0 Å². The SMILES string of the molecule is O=C(Nc1nc(-c2ccc3ccccc3c2)cs1)[C@H]1CCCO1. The number of fused-ring (bicyclic) bond motifs is 1. The number of nitrogens with one attached hydrogen (secondary N) is 1. The first-order valence-corrected chi connectivity index (χ1v) is 8.55. The van der Waals surface area contributed by atoms with Gasteiger partial charge in [0, 0.05) is 17.6 Å². The van der Waals surface area contributed by atoms with Crippen LogP contribution in [0.15, 0.2) is 47.8 Å². The van der Waals surface area contributed by atoms with Crippen LogP contribution < -0.4 is 5.32 Å². The molecule has 0 radical (unpaired) electrons. The van der Waals surface area contributed by atoms with E-state index in [0.29, 0.717) is 11.7 Å². The van der Waals surface area contributed by atoms with Crippen molar-refractivity contribution in [1.29, 1.82) is 0 Å². The number of benzene rings is 2. The number of carbonyl (C=O) groups excluding carboxylic acids is 1. The molecule has 4 nitrogen and oxygen atoms in total. The Morgan fingerprint density at radius 3 is 2.91 bits per heavy atom. The van der Waals surface area contributed by atoms with E-state index in [1.165, 1.54) is 22.1 Å². The first kappa shape index (κ1) is 14.4. The number of nitrogens with zero attached hydrogens (tertiary/aromatic N) is 1. The molecule has 1 saturated heterocycles. The zero-order valence-corrected chi connectivity index (χ0v) is 13.3. The lowest BCUT2D eigenvalue weighted by atomic mass is 10.1. The molecule has 1 fully saturated rings. The molecule has 23 heavy (non-hydrogen) atoms. The number of thiazole rings is 1. The third-order valence-electron chi connectivity index (χ3n) is 4.00. The van der Waals surface area contributed by atoms with Gasteiger partial charge in [-0.3, -0.25) is 10.1 Å². The number of amides is 1. The number of rotatable bonds is 3. The molecular weight excluding hydrogens is 308 g/mol. The van der Waals surface area contributed by atoms with Gasteiger partial charge in [-0.15, -0.1) is 11.3 Å². The maximum absolute atomic E-state index is 12.1. The van der Waals surface area contributed by atoms with Crippen molar-refractivity contribution in [2.75, 3.05) is 11.9 Å². The first-order valence-electron chi connectivity index (χ1n) is 7.67. The average molecular weight is 324 g/mol. The van der Waals surface area contributed by atoms with Crippen LogP contribution in [0.1, 0.15) is 12.8 Å². The zero-order chi connectivity index (χ0) is 15.6. The van der Waals surface area contributed by atoms with Crippen molar-refractivity contribution in [3.8, 4) is 11.3 Å². The van der Waals surface area contributed by atoms with Crippen LogP contribution in [0.5, 0.6) is 0 Å². The Kier molecular flexibility index (Phi) is 3.81. The Morgan fingerprint density at radius 2 is 2.09 bits per heavy atom. The molecule has 2 aromatic carbocycles. The molecule has 1 atom stereocenters. The van der Waals surface area contributed by atoms with Crippen LogP contribution in [-0.4, -0.2) is 23.6 Å². The van der Waals surface area contributed by atoms with E-state index in [1.54, 1.807) is 0 Å². The Bertz CT molecular complexity index is 853. The van der Waals surface area contributed by atoms with Gasteiger partial charge in [0.25, 0.3) is 5.91 Å². The highest BCUT2D eigenvalue weighted by molar-refractivity contribution is 7.14. The maximum atomic E-state index is 12.1. The van der Waals surface area contributed by atoms with E-state index in [2.05, 4.69) is 40.6 Å². The summed E-state index contributed by atoms with van der Waals surface area (Å²) in [4.78, 5) is 16.6. The molecule has 4 rings (SSSR count). The molecule has 116 valence electrons. The third kappa shape index (κ3) is 2.98. The summed E-state index contributed by atoms with van der Waals surface area (Å²) in [5.41, 5.74) is 1.93. The molecule has 1 aliphatic heterocycles. The highest BCUT2D eigenvalue weighted by atomic mass is 32.1. The van der Waals surface area contributed by atoms with Crippen molar-refractivity contribution in [3.05, 3.63) is 47.8 Å². The molecule has 1 amide bonds. The summed E-state index contributed by atoms with van der Waals surface area (Å²) in [6.45, 7) is 0.665. The molecule has 1 N–H and O–H groups in total. The Morgan fingerprint density at radius 1 is 1.22 bits per heavy atom. The third-order valence-corrected chi connectivity index (χ3v) is 4.76. The van der Waals surface area contributed by atoms with Gasteiger partial charge in [0.1, 0.15) is 6.10 Å². The molecular formula is C18H16N2O2S. The summed E-state index contributed by atoms with van der Waals surface area (Å²) in [6.07, 6.45) is 1.40. The number of hydrogen-bond acceptors (Lipinski definition) is 4. The van der Waals surface area contributed by atoms with E-state index in [0.717, 1.165) is 24.1 Å². The quantitative estimate of drug-likeness (QED) is 0.790. The molecule has 5 heteroatoms. The van der Waals surface area contributed by atoms with Crippen molar-refractivity contribution in [3.63, 3.8) is 0 Å². The van der Waals surface area contributed by atoms with Crippen molar-refractivity contribution < 1.29 is 9.53 Å². The lowest BCUT2D eigenvalue weighted by molar-refractivity contribution is -0.124. The Labute approximate surface area is 138 Å². The first-order chi connectivity index (χ1) is 11.3. The molecule has 0 unspecified atom stereocenters. The van der Waals surface area contributed by atoms with Crippen molar-refractivity contribution in [1.82, 2.24) is 4.98 Å². The van der Waals surface area contributed by atoms with Gasteiger partial charge in [-0.05, 0) is 29.7 Å². The van der Waals surface area contributed by atoms with Gasteiger partial charge in [-0.25, -0.2) is 4.98 Å². The lowest BCUT2D eigenvalue weighted by Crippen LogP contribution is -2.26. The number of ether oxygens (including phenoxy) is 1. The van der Waals surface area contributed by atoms with Crippen LogP contribution in [0.2, 0.25) is 0 Å². The normalized spacial score (nSPS) is 17.5. The molecule has 2 heterocycles. The summed E-state index contributed by atoms with van der Waals surface area (Å²) >= 11 is 1.44. The largest absolute Gasteiger partial charge is 0.368 e. The average Bonchev–Trinajstić information content (AvgIpc) is 3.26. The zero-order valence-electron chi connectivity index (χ0n) is 12.5. The summed E-state index contributed by atoms with van der Waals surface area (Å²) in [7, 11) is 0. The fraction of sp³-hybridized carbons (Fsp3) is 0.222. The number of anilines is 1. The molecule has 0 bridgehead atoms. The number of hydrogen-bond donors (Lipinski definition) is 1. The second kappa shape index (κ2) is 6.10. The monoisotopic (exact) mass is 324 g/mol. The van der Waals surface area contributed by atoms with Crippen LogP contribution in [0, 0.1) is 0 Å². The molecule has 1 aromatic heterocycles. The van der Waals surface area contributed by atoms with Gasteiger partial charge in [0.05, 0.1) is 5.69 Å². The topological polar surface area (TPSA) is 51.2 Å². The predicted molar refractivity (Wildman–Crippen MR) is 92.7 cm³/mol. The van der Waals surface area contributed by atoms with E-state index in [1.807, 2.05) is 17.5 Å². The number of carbonyl (C=O) groups is 1. The smallest absolute Gasteiger partial charge is 0.255 e.